The van der Waals surface area contributed by atoms with E-state index in [1.807, 2.05) is 26.8 Å². The van der Waals surface area contributed by atoms with Crippen LogP contribution in [0, 0.1) is 13.8 Å². The Morgan fingerprint density at radius 3 is 2.40 bits per heavy atom. The van der Waals surface area contributed by atoms with Crippen LogP contribution in [-0.4, -0.2) is 20.4 Å². The minimum absolute atomic E-state index is 0.144. The standard InChI is InChI=1S/C21H26O4/c1-13(4-6-16-11-17(23)7-9-20(16)24)5-8-18-14(2)10-21(25)19(12-22)15(18)3/h4,7,9-11,22-25H,5-6,8,12H2,1-3H3. The van der Waals surface area contributed by atoms with Gasteiger partial charge >= 0.3 is 0 Å². The summed E-state index contributed by atoms with van der Waals surface area (Å²) in [5.74, 6) is 0.471. The van der Waals surface area contributed by atoms with E-state index < -0.39 is 0 Å². The molecule has 0 saturated heterocycles. The van der Waals surface area contributed by atoms with E-state index in [1.54, 1.807) is 12.1 Å². The first-order valence-corrected chi connectivity index (χ1v) is 8.41. The van der Waals surface area contributed by atoms with Crippen LogP contribution in [0.15, 0.2) is 35.9 Å². The number of aryl methyl sites for hydroxylation is 1. The third-order valence-electron chi connectivity index (χ3n) is 4.70. The molecule has 0 aliphatic rings. The molecule has 2 aromatic rings. The number of phenols is 3. The molecule has 0 amide bonds. The first-order valence-electron chi connectivity index (χ1n) is 8.41. The Bertz CT molecular complexity index is 791. The smallest absolute Gasteiger partial charge is 0.121 e. The monoisotopic (exact) mass is 342 g/mol. The van der Waals surface area contributed by atoms with Crippen LogP contribution >= 0.6 is 0 Å². The zero-order valence-electron chi connectivity index (χ0n) is 15.0. The second-order valence-corrected chi connectivity index (χ2v) is 6.52. The largest absolute Gasteiger partial charge is 0.508 e. The quantitative estimate of drug-likeness (QED) is 0.472. The Morgan fingerprint density at radius 2 is 1.72 bits per heavy atom. The van der Waals surface area contributed by atoms with Crippen molar-refractivity contribution in [1.29, 1.82) is 0 Å². The summed E-state index contributed by atoms with van der Waals surface area (Å²) in [5, 5.41) is 38.7. The van der Waals surface area contributed by atoms with Crippen LogP contribution in [0.4, 0.5) is 0 Å². The molecule has 2 rings (SSSR count). The van der Waals surface area contributed by atoms with Crippen LogP contribution in [0.2, 0.25) is 0 Å². The van der Waals surface area contributed by atoms with Crippen LogP contribution in [0.5, 0.6) is 17.2 Å². The number of phenolic OH excluding ortho intramolecular Hbond substituents is 2. The molecule has 25 heavy (non-hydrogen) atoms. The molecule has 0 bridgehead atoms. The maximum Gasteiger partial charge on any atom is 0.121 e. The van der Waals surface area contributed by atoms with Gasteiger partial charge < -0.3 is 20.4 Å². The molecule has 0 heterocycles. The second-order valence-electron chi connectivity index (χ2n) is 6.52. The Labute approximate surface area is 148 Å². The highest BCUT2D eigenvalue weighted by atomic mass is 16.3. The van der Waals surface area contributed by atoms with Gasteiger partial charge in [-0.2, -0.15) is 0 Å². The van der Waals surface area contributed by atoms with Crippen molar-refractivity contribution in [3.63, 3.8) is 0 Å². The number of rotatable bonds is 6. The lowest BCUT2D eigenvalue weighted by atomic mass is 9.92. The summed E-state index contributed by atoms with van der Waals surface area (Å²) in [4.78, 5) is 0. The molecule has 4 nitrogen and oxygen atoms in total. The molecular weight excluding hydrogens is 316 g/mol. The summed E-state index contributed by atoms with van der Waals surface area (Å²) >= 11 is 0. The van der Waals surface area contributed by atoms with E-state index in [4.69, 9.17) is 0 Å². The first kappa shape index (κ1) is 18.9. The summed E-state index contributed by atoms with van der Waals surface area (Å²) < 4.78 is 0. The summed E-state index contributed by atoms with van der Waals surface area (Å²) in [6.45, 7) is 5.76. The van der Waals surface area contributed by atoms with Gasteiger partial charge in [-0.05, 0) is 81.0 Å². The van der Waals surface area contributed by atoms with Gasteiger partial charge in [0.05, 0.1) is 6.61 Å². The minimum Gasteiger partial charge on any atom is -0.508 e. The molecule has 0 radical (unpaired) electrons. The van der Waals surface area contributed by atoms with E-state index in [-0.39, 0.29) is 23.9 Å². The van der Waals surface area contributed by atoms with Crippen LogP contribution in [-0.2, 0) is 19.4 Å². The average Bonchev–Trinajstić information content (AvgIpc) is 2.55. The Hall–Kier alpha value is -2.46. The molecule has 0 aliphatic carbocycles. The molecule has 2 aromatic carbocycles. The first-order chi connectivity index (χ1) is 11.8. The molecule has 0 spiro atoms. The van der Waals surface area contributed by atoms with Crippen molar-refractivity contribution >= 4 is 0 Å². The molecule has 0 atom stereocenters. The van der Waals surface area contributed by atoms with E-state index in [2.05, 4.69) is 0 Å². The van der Waals surface area contributed by atoms with Gasteiger partial charge in [0, 0.05) is 11.1 Å². The Morgan fingerprint density at radius 1 is 1.00 bits per heavy atom. The normalized spacial score (nSPS) is 11.8. The number of aliphatic hydroxyl groups excluding tert-OH is 1. The van der Waals surface area contributed by atoms with Gasteiger partial charge in [-0.25, -0.2) is 0 Å². The molecule has 0 saturated carbocycles. The van der Waals surface area contributed by atoms with Gasteiger partial charge in [0.1, 0.15) is 17.2 Å². The highest BCUT2D eigenvalue weighted by Gasteiger charge is 2.12. The number of allylic oxidation sites excluding steroid dienone is 2. The fraction of sp³-hybridized carbons (Fsp3) is 0.333. The Kier molecular flexibility index (Phi) is 6.10. The van der Waals surface area contributed by atoms with E-state index in [9.17, 15) is 20.4 Å². The van der Waals surface area contributed by atoms with Gasteiger partial charge in [0.25, 0.3) is 0 Å². The van der Waals surface area contributed by atoms with Crippen LogP contribution in [0.25, 0.3) is 0 Å². The topological polar surface area (TPSA) is 80.9 Å². The van der Waals surface area contributed by atoms with Crippen molar-refractivity contribution in [2.75, 3.05) is 0 Å². The zero-order valence-corrected chi connectivity index (χ0v) is 15.0. The predicted molar refractivity (Wildman–Crippen MR) is 99.1 cm³/mol. The summed E-state index contributed by atoms with van der Waals surface area (Å²) in [5.41, 5.74) is 5.57. The molecule has 0 fully saturated rings. The summed E-state index contributed by atoms with van der Waals surface area (Å²) in [6, 6.07) is 6.23. The Balaban J connectivity index is 2.09. The van der Waals surface area contributed by atoms with E-state index in [1.165, 1.54) is 17.7 Å². The lowest BCUT2D eigenvalue weighted by Crippen LogP contribution is -2.00. The number of hydrogen-bond donors (Lipinski definition) is 4. The van der Waals surface area contributed by atoms with Crippen molar-refractivity contribution < 1.29 is 20.4 Å². The van der Waals surface area contributed by atoms with Gasteiger partial charge in [-0.3, -0.25) is 0 Å². The van der Waals surface area contributed by atoms with Crippen molar-refractivity contribution in [3.8, 4) is 17.2 Å². The predicted octanol–water partition coefficient (Wildman–Crippen LogP) is 4.03. The van der Waals surface area contributed by atoms with Gasteiger partial charge in [0.15, 0.2) is 0 Å². The van der Waals surface area contributed by atoms with Gasteiger partial charge in [-0.1, -0.05) is 11.6 Å². The van der Waals surface area contributed by atoms with Crippen molar-refractivity contribution in [3.05, 3.63) is 63.7 Å². The van der Waals surface area contributed by atoms with Gasteiger partial charge in [0.2, 0.25) is 0 Å². The molecule has 0 aromatic heterocycles. The van der Waals surface area contributed by atoms with Crippen LogP contribution in [0.3, 0.4) is 0 Å². The fourth-order valence-electron chi connectivity index (χ4n) is 3.08. The lowest BCUT2D eigenvalue weighted by molar-refractivity contribution is 0.274. The van der Waals surface area contributed by atoms with Crippen LogP contribution in [0.1, 0.15) is 41.2 Å². The number of aromatic hydroxyl groups is 3. The second kappa shape index (κ2) is 8.08. The van der Waals surface area contributed by atoms with Crippen molar-refractivity contribution in [1.82, 2.24) is 0 Å². The molecular formula is C21H26O4. The molecule has 134 valence electrons. The summed E-state index contributed by atoms with van der Waals surface area (Å²) in [6.07, 6.45) is 4.27. The molecule has 0 unspecified atom stereocenters. The third-order valence-corrected chi connectivity index (χ3v) is 4.70. The number of aliphatic hydroxyl groups is 1. The van der Waals surface area contributed by atoms with E-state index in [0.29, 0.717) is 17.5 Å². The van der Waals surface area contributed by atoms with E-state index in [0.717, 1.165) is 29.5 Å². The number of hydrogen-bond acceptors (Lipinski definition) is 4. The third kappa shape index (κ3) is 4.54. The van der Waals surface area contributed by atoms with Crippen molar-refractivity contribution in [2.24, 2.45) is 0 Å². The SMILES string of the molecule is CC(=CCc1cc(O)ccc1O)CCc1c(C)cc(O)c(CO)c1C. The highest BCUT2D eigenvalue weighted by molar-refractivity contribution is 5.48. The van der Waals surface area contributed by atoms with Crippen molar-refractivity contribution in [2.45, 2.75) is 46.6 Å². The average molecular weight is 342 g/mol. The van der Waals surface area contributed by atoms with Gasteiger partial charge in [-0.15, -0.1) is 0 Å². The maximum absolute atomic E-state index is 9.92. The van der Waals surface area contributed by atoms with Crippen LogP contribution < -0.4 is 0 Å². The fourth-order valence-corrected chi connectivity index (χ4v) is 3.08. The van der Waals surface area contributed by atoms with E-state index >= 15 is 0 Å². The molecule has 0 aliphatic heterocycles. The minimum atomic E-state index is -0.170. The lowest BCUT2D eigenvalue weighted by Gasteiger charge is -2.15. The zero-order chi connectivity index (χ0) is 18.6. The maximum atomic E-state index is 9.92. The highest BCUT2D eigenvalue weighted by Crippen LogP contribution is 2.29. The molecule has 4 N–H and O–H groups in total. The number of benzene rings is 2. The summed E-state index contributed by atoms with van der Waals surface area (Å²) in [7, 11) is 0. The molecule has 4 heteroatoms.